The van der Waals surface area contributed by atoms with Crippen molar-refractivity contribution >= 4 is 5.97 Å². The summed E-state index contributed by atoms with van der Waals surface area (Å²) in [4.78, 5) is 15.7. The smallest absolute Gasteiger partial charge is 0.307 e. The average Bonchev–Trinajstić information content (AvgIpc) is 2.91. The molecule has 4 nitrogen and oxygen atoms in total. The van der Waals surface area contributed by atoms with Crippen LogP contribution in [0.1, 0.15) is 24.0 Å². The molecule has 1 heterocycles. The number of carboxylic acids is 1. The Balaban J connectivity index is 1.86. The van der Waals surface area contributed by atoms with Gasteiger partial charge in [-0.1, -0.05) is 24.3 Å². The molecule has 1 aliphatic rings. The van der Waals surface area contributed by atoms with Crippen molar-refractivity contribution in [3.63, 3.8) is 0 Å². The monoisotopic (exact) mass is 276 g/mol. The molecule has 0 amide bonds. The van der Waals surface area contributed by atoms with Gasteiger partial charge in [0.1, 0.15) is 0 Å². The number of likely N-dealkylation sites (N-methyl/N-ethyl adjacent to an activating group) is 1. The van der Waals surface area contributed by atoms with Gasteiger partial charge in [-0.25, -0.2) is 0 Å². The Hall–Kier alpha value is -1.39. The summed E-state index contributed by atoms with van der Waals surface area (Å²) in [5.41, 5.74) is 2.05. The summed E-state index contributed by atoms with van der Waals surface area (Å²) in [6.45, 7) is 5.41. The zero-order valence-corrected chi connectivity index (χ0v) is 12.2. The number of benzene rings is 1. The number of carbonyl (C=O) groups is 1. The molecular weight excluding hydrogens is 252 g/mol. The van der Waals surface area contributed by atoms with Crippen molar-refractivity contribution in [3.8, 4) is 0 Å². The topological polar surface area (TPSA) is 43.8 Å². The Kier molecular flexibility index (Phi) is 5.56. The quantitative estimate of drug-likeness (QED) is 0.825. The van der Waals surface area contributed by atoms with Gasteiger partial charge in [-0.05, 0) is 44.1 Å². The van der Waals surface area contributed by atoms with Crippen molar-refractivity contribution in [1.29, 1.82) is 0 Å². The van der Waals surface area contributed by atoms with Crippen LogP contribution in [-0.4, -0.2) is 54.1 Å². The van der Waals surface area contributed by atoms with Crippen LogP contribution in [-0.2, 0) is 17.8 Å². The summed E-state index contributed by atoms with van der Waals surface area (Å²) in [6.07, 6.45) is 2.76. The Morgan fingerprint density at radius 2 is 1.90 bits per heavy atom. The van der Waals surface area contributed by atoms with Gasteiger partial charge in [-0.15, -0.1) is 0 Å². The molecule has 1 saturated heterocycles. The van der Waals surface area contributed by atoms with E-state index in [1.807, 2.05) is 24.3 Å². The van der Waals surface area contributed by atoms with Gasteiger partial charge in [0, 0.05) is 19.6 Å². The first-order valence-corrected chi connectivity index (χ1v) is 7.34. The predicted molar refractivity (Wildman–Crippen MR) is 79.8 cm³/mol. The van der Waals surface area contributed by atoms with E-state index in [2.05, 4.69) is 16.8 Å². The highest BCUT2D eigenvalue weighted by Crippen LogP contribution is 2.12. The number of rotatable bonds is 7. The van der Waals surface area contributed by atoms with Crippen LogP contribution in [0.4, 0.5) is 0 Å². The Morgan fingerprint density at radius 1 is 1.25 bits per heavy atom. The fraction of sp³-hybridized carbons (Fsp3) is 0.562. The molecule has 1 aromatic carbocycles. The van der Waals surface area contributed by atoms with Crippen LogP contribution in [0.15, 0.2) is 24.3 Å². The van der Waals surface area contributed by atoms with Gasteiger partial charge >= 0.3 is 5.97 Å². The van der Waals surface area contributed by atoms with Crippen molar-refractivity contribution in [2.24, 2.45) is 0 Å². The number of nitrogens with zero attached hydrogens (tertiary/aromatic N) is 2. The second kappa shape index (κ2) is 7.41. The van der Waals surface area contributed by atoms with Crippen LogP contribution in [0, 0.1) is 0 Å². The fourth-order valence-electron chi connectivity index (χ4n) is 2.74. The number of hydrogen-bond acceptors (Lipinski definition) is 3. The van der Waals surface area contributed by atoms with Crippen LogP contribution in [0.3, 0.4) is 0 Å². The molecule has 0 radical (unpaired) electrons. The van der Waals surface area contributed by atoms with Crippen LogP contribution < -0.4 is 0 Å². The molecule has 1 aromatic rings. The number of carboxylic acid groups (broad SMARTS) is 1. The maximum atomic E-state index is 10.9. The Morgan fingerprint density at radius 3 is 2.55 bits per heavy atom. The van der Waals surface area contributed by atoms with Crippen molar-refractivity contribution in [1.82, 2.24) is 9.80 Å². The number of hydrogen-bond donors (Lipinski definition) is 1. The minimum Gasteiger partial charge on any atom is -0.481 e. The van der Waals surface area contributed by atoms with E-state index in [0.29, 0.717) is 0 Å². The molecule has 0 spiro atoms. The highest BCUT2D eigenvalue weighted by atomic mass is 16.4. The lowest BCUT2D eigenvalue weighted by atomic mass is 10.0. The summed E-state index contributed by atoms with van der Waals surface area (Å²) in [5.74, 6) is -0.767. The van der Waals surface area contributed by atoms with E-state index in [0.717, 1.165) is 30.8 Å². The van der Waals surface area contributed by atoms with Crippen LogP contribution in [0.2, 0.25) is 0 Å². The maximum absolute atomic E-state index is 10.9. The van der Waals surface area contributed by atoms with Gasteiger partial charge in [0.15, 0.2) is 0 Å². The Bertz CT molecular complexity index is 442. The lowest BCUT2D eigenvalue weighted by Gasteiger charge is -2.22. The molecule has 1 N–H and O–H groups in total. The van der Waals surface area contributed by atoms with Crippen LogP contribution >= 0.6 is 0 Å². The minimum absolute atomic E-state index is 0.107. The lowest BCUT2D eigenvalue weighted by Crippen LogP contribution is -2.31. The van der Waals surface area contributed by atoms with Crippen molar-refractivity contribution in [3.05, 3.63) is 35.4 Å². The summed E-state index contributed by atoms with van der Waals surface area (Å²) in [7, 11) is 2.10. The summed E-state index contributed by atoms with van der Waals surface area (Å²) in [5, 5.41) is 8.95. The van der Waals surface area contributed by atoms with Crippen molar-refractivity contribution in [2.45, 2.75) is 25.8 Å². The third-order valence-corrected chi connectivity index (χ3v) is 3.90. The molecule has 0 atom stereocenters. The summed E-state index contributed by atoms with van der Waals surface area (Å²) in [6, 6.07) is 7.84. The third-order valence-electron chi connectivity index (χ3n) is 3.90. The Labute approximate surface area is 121 Å². The fourth-order valence-corrected chi connectivity index (χ4v) is 2.74. The van der Waals surface area contributed by atoms with E-state index in [1.165, 1.54) is 25.9 Å². The molecule has 1 fully saturated rings. The highest BCUT2D eigenvalue weighted by molar-refractivity contribution is 5.70. The normalized spacial score (nSPS) is 15.9. The first-order valence-electron chi connectivity index (χ1n) is 7.34. The molecule has 0 saturated carbocycles. The average molecular weight is 276 g/mol. The molecule has 1 aliphatic heterocycles. The van der Waals surface area contributed by atoms with E-state index in [1.54, 1.807) is 0 Å². The molecule has 110 valence electrons. The molecule has 4 heteroatoms. The van der Waals surface area contributed by atoms with E-state index in [9.17, 15) is 4.79 Å². The largest absolute Gasteiger partial charge is 0.481 e. The zero-order valence-electron chi connectivity index (χ0n) is 12.2. The first-order chi connectivity index (χ1) is 9.65. The molecular formula is C16H24N2O2. The standard InChI is InChI=1S/C16H24N2O2/c1-17(10-11-18-8-4-5-9-18)13-15-7-3-2-6-14(15)12-16(19)20/h2-3,6-7H,4-5,8-13H2,1H3,(H,19,20). The number of aliphatic carboxylic acids is 1. The lowest BCUT2D eigenvalue weighted by molar-refractivity contribution is -0.136. The van der Waals surface area contributed by atoms with E-state index >= 15 is 0 Å². The predicted octanol–water partition coefficient (Wildman–Crippen LogP) is 1.84. The maximum Gasteiger partial charge on any atom is 0.307 e. The molecule has 0 aliphatic carbocycles. The van der Waals surface area contributed by atoms with Gasteiger partial charge in [-0.3, -0.25) is 4.79 Å². The van der Waals surface area contributed by atoms with Crippen LogP contribution in [0.25, 0.3) is 0 Å². The SMILES string of the molecule is CN(CCN1CCCC1)Cc1ccccc1CC(=O)O. The van der Waals surface area contributed by atoms with Gasteiger partial charge < -0.3 is 14.9 Å². The van der Waals surface area contributed by atoms with E-state index in [-0.39, 0.29) is 6.42 Å². The number of likely N-dealkylation sites (tertiary alicyclic amines) is 1. The van der Waals surface area contributed by atoms with Gasteiger partial charge in [0.05, 0.1) is 6.42 Å². The molecule has 0 bridgehead atoms. The molecule has 20 heavy (non-hydrogen) atoms. The summed E-state index contributed by atoms with van der Waals surface area (Å²) < 4.78 is 0. The first kappa shape index (κ1) is 15.0. The van der Waals surface area contributed by atoms with Gasteiger partial charge in [0.25, 0.3) is 0 Å². The van der Waals surface area contributed by atoms with Crippen molar-refractivity contribution < 1.29 is 9.90 Å². The minimum atomic E-state index is -0.767. The molecule has 0 aromatic heterocycles. The second-order valence-corrected chi connectivity index (χ2v) is 5.63. The van der Waals surface area contributed by atoms with Crippen molar-refractivity contribution in [2.75, 3.05) is 33.2 Å². The van der Waals surface area contributed by atoms with Crippen LogP contribution in [0.5, 0.6) is 0 Å². The van der Waals surface area contributed by atoms with E-state index in [4.69, 9.17) is 5.11 Å². The molecule has 0 unspecified atom stereocenters. The molecule has 2 rings (SSSR count). The highest BCUT2D eigenvalue weighted by Gasteiger charge is 2.13. The van der Waals surface area contributed by atoms with E-state index < -0.39 is 5.97 Å². The second-order valence-electron chi connectivity index (χ2n) is 5.63. The zero-order chi connectivity index (χ0) is 14.4. The van der Waals surface area contributed by atoms with Gasteiger partial charge in [-0.2, -0.15) is 0 Å². The third kappa shape index (κ3) is 4.62. The summed E-state index contributed by atoms with van der Waals surface area (Å²) >= 11 is 0. The van der Waals surface area contributed by atoms with Gasteiger partial charge in [0.2, 0.25) is 0 Å².